The summed E-state index contributed by atoms with van der Waals surface area (Å²) in [6.45, 7) is 22.8. The van der Waals surface area contributed by atoms with Crippen LogP contribution >= 0.6 is 0 Å². The summed E-state index contributed by atoms with van der Waals surface area (Å²) >= 11 is 0. The molecule has 1 unspecified atom stereocenters. The van der Waals surface area contributed by atoms with Gasteiger partial charge in [0.05, 0.1) is 29.5 Å². The molecule has 0 bridgehead atoms. The molecule has 0 aromatic heterocycles. The van der Waals surface area contributed by atoms with Crippen LogP contribution in [0.15, 0.2) is 24.3 Å². The SMILES string of the molecule is COc1ccc(C2(B3OC(C)(C)C(C)(C)O3)OC(C)(C)C(C)(C)OB2O[Si](C)(C)C)cc1. The van der Waals surface area contributed by atoms with Crippen molar-refractivity contribution in [1.82, 2.24) is 0 Å². The fourth-order valence-corrected chi connectivity index (χ4v) is 4.75. The van der Waals surface area contributed by atoms with Crippen molar-refractivity contribution in [2.75, 3.05) is 7.11 Å². The number of hydrogen-bond acceptors (Lipinski definition) is 6. The molecule has 2 heterocycles. The Bertz CT molecular complexity index is 818. The summed E-state index contributed by atoms with van der Waals surface area (Å²) in [5, 5.41) is -1.14. The largest absolute Gasteiger partial charge is 0.497 e. The molecule has 0 spiro atoms. The molecule has 9 heteroatoms. The van der Waals surface area contributed by atoms with Crippen LogP contribution in [0.1, 0.15) is 61.0 Å². The minimum absolute atomic E-state index is 0.540. The predicted octanol–water partition coefficient (Wildman–Crippen LogP) is 5.00. The molecule has 0 aliphatic carbocycles. The Labute approximate surface area is 196 Å². The number of hydrogen-bond donors (Lipinski definition) is 0. The summed E-state index contributed by atoms with van der Waals surface area (Å²) in [5.41, 5.74) is -1.47. The normalized spacial score (nSPS) is 28.6. The molecule has 2 aliphatic heterocycles. The highest BCUT2D eigenvalue weighted by Gasteiger charge is 2.72. The van der Waals surface area contributed by atoms with Crippen LogP contribution in [0.2, 0.25) is 19.6 Å². The highest BCUT2D eigenvalue weighted by atomic mass is 28.4. The van der Waals surface area contributed by atoms with Gasteiger partial charge in [-0.3, -0.25) is 0 Å². The first kappa shape index (κ1) is 25.8. The molecule has 0 radical (unpaired) electrons. The fourth-order valence-electron chi connectivity index (χ4n) is 3.88. The van der Waals surface area contributed by atoms with E-state index in [9.17, 15) is 0 Å². The summed E-state index contributed by atoms with van der Waals surface area (Å²) in [5.74, 6) is 0.761. The van der Waals surface area contributed by atoms with Gasteiger partial charge in [0, 0.05) is 0 Å². The van der Waals surface area contributed by atoms with E-state index < -0.39 is 50.4 Å². The lowest BCUT2D eigenvalue weighted by atomic mass is 9.43. The second-order valence-corrected chi connectivity index (χ2v) is 16.4. The van der Waals surface area contributed by atoms with Gasteiger partial charge in [-0.1, -0.05) is 12.1 Å². The second-order valence-electron chi connectivity index (χ2n) is 11.9. The molecule has 32 heavy (non-hydrogen) atoms. The molecule has 0 N–H and O–H groups in total. The molecule has 3 rings (SSSR count). The van der Waals surface area contributed by atoms with Crippen LogP contribution in [0.25, 0.3) is 0 Å². The first-order valence-corrected chi connectivity index (χ1v) is 14.8. The zero-order valence-corrected chi connectivity index (χ0v) is 22.9. The van der Waals surface area contributed by atoms with Gasteiger partial charge in [0.1, 0.15) is 5.75 Å². The molecule has 2 aliphatic rings. The smallest absolute Gasteiger partial charge is 0.494 e. The van der Waals surface area contributed by atoms with E-state index in [0.29, 0.717) is 0 Å². The van der Waals surface area contributed by atoms with Crippen LogP contribution in [-0.4, -0.2) is 52.1 Å². The summed E-state index contributed by atoms with van der Waals surface area (Å²) in [4.78, 5) is 0. The summed E-state index contributed by atoms with van der Waals surface area (Å²) in [6, 6.07) is 7.82. The van der Waals surface area contributed by atoms with Crippen LogP contribution in [0, 0.1) is 0 Å². The van der Waals surface area contributed by atoms with Gasteiger partial charge in [-0.15, -0.1) is 0 Å². The van der Waals surface area contributed by atoms with E-state index in [1.54, 1.807) is 7.11 Å². The van der Waals surface area contributed by atoms with Crippen molar-refractivity contribution >= 4 is 22.6 Å². The van der Waals surface area contributed by atoms with E-state index in [1.165, 1.54) is 0 Å². The van der Waals surface area contributed by atoms with Gasteiger partial charge in [0.25, 0.3) is 0 Å². The molecule has 0 saturated carbocycles. The zero-order chi connectivity index (χ0) is 24.4. The summed E-state index contributed by atoms with van der Waals surface area (Å²) in [6.07, 6.45) is 0. The number of benzene rings is 1. The number of methoxy groups -OCH3 is 1. The standard InChI is InChI=1S/C23H40B2O6Si/c1-19(2)20(3,4)30-25(31-32(10,11)12)23(27-19,17-13-15-18(26-9)16-14-17)24-28-21(5,6)22(7,8)29-24/h13-16H,1-12H3. The lowest BCUT2D eigenvalue weighted by Crippen LogP contribution is -2.73. The van der Waals surface area contributed by atoms with Crippen LogP contribution in [0.5, 0.6) is 5.75 Å². The van der Waals surface area contributed by atoms with E-state index >= 15 is 0 Å². The Kier molecular flexibility index (Phi) is 6.33. The lowest BCUT2D eigenvalue weighted by molar-refractivity contribution is -0.215. The molecular weight excluding hydrogens is 422 g/mol. The maximum absolute atomic E-state index is 7.05. The number of ether oxygens (including phenoxy) is 2. The van der Waals surface area contributed by atoms with Crippen molar-refractivity contribution in [2.45, 2.75) is 103 Å². The third kappa shape index (κ3) is 4.32. The van der Waals surface area contributed by atoms with Crippen molar-refractivity contribution in [3.05, 3.63) is 29.8 Å². The summed E-state index contributed by atoms with van der Waals surface area (Å²) < 4.78 is 39.1. The highest BCUT2D eigenvalue weighted by molar-refractivity contribution is 6.80. The van der Waals surface area contributed by atoms with Gasteiger partial charge in [0.15, 0.2) is 13.7 Å². The van der Waals surface area contributed by atoms with Gasteiger partial charge < -0.3 is 27.8 Å². The topological polar surface area (TPSA) is 55.4 Å². The third-order valence-electron chi connectivity index (χ3n) is 7.23. The van der Waals surface area contributed by atoms with E-state index in [0.717, 1.165) is 11.3 Å². The Hall–Kier alpha value is -0.833. The molecule has 6 nitrogen and oxygen atoms in total. The minimum atomic E-state index is -2.06. The molecule has 1 aromatic rings. The summed E-state index contributed by atoms with van der Waals surface area (Å²) in [7, 11) is -1.86. The molecule has 1 aromatic carbocycles. The third-order valence-corrected chi connectivity index (χ3v) is 8.15. The fraction of sp³-hybridized carbons (Fsp3) is 0.739. The van der Waals surface area contributed by atoms with Crippen molar-refractivity contribution < 1.29 is 27.8 Å². The molecular formula is C23H40B2O6Si. The van der Waals surface area contributed by atoms with Crippen LogP contribution in [0.3, 0.4) is 0 Å². The average Bonchev–Trinajstić information content (AvgIpc) is 2.84. The van der Waals surface area contributed by atoms with Crippen molar-refractivity contribution in [1.29, 1.82) is 0 Å². The Balaban J connectivity index is 2.24. The maximum Gasteiger partial charge on any atom is 0.494 e. The van der Waals surface area contributed by atoms with Crippen LogP contribution in [0.4, 0.5) is 0 Å². The molecule has 2 saturated heterocycles. The molecule has 178 valence electrons. The van der Waals surface area contributed by atoms with Gasteiger partial charge in [-0.05, 0) is 92.7 Å². The molecule has 1 atom stereocenters. The second kappa shape index (κ2) is 7.85. The Morgan fingerprint density at radius 1 is 0.719 bits per heavy atom. The van der Waals surface area contributed by atoms with E-state index in [4.69, 9.17) is 27.8 Å². The first-order valence-electron chi connectivity index (χ1n) is 11.4. The maximum atomic E-state index is 7.05. The van der Waals surface area contributed by atoms with Gasteiger partial charge in [0.2, 0.25) is 0 Å². The number of rotatable bonds is 5. The Morgan fingerprint density at radius 2 is 1.19 bits per heavy atom. The van der Waals surface area contributed by atoms with Gasteiger partial charge >= 0.3 is 14.2 Å². The van der Waals surface area contributed by atoms with Gasteiger partial charge in [-0.2, -0.15) is 0 Å². The molecule has 0 amide bonds. The lowest BCUT2D eigenvalue weighted by Gasteiger charge is -2.56. The van der Waals surface area contributed by atoms with Crippen molar-refractivity contribution in [3.8, 4) is 5.75 Å². The average molecular weight is 462 g/mol. The highest BCUT2D eigenvalue weighted by Crippen LogP contribution is 2.52. The predicted molar refractivity (Wildman–Crippen MR) is 131 cm³/mol. The molecule has 2 fully saturated rings. The van der Waals surface area contributed by atoms with Crippen molar-refractivity contribution in [2.24, 2.45) is 0 Å². The monoisotopic (exact) mass is 462 g/mol. The van der Waals surface area contributed by atoms with Gasteiger partial charge in [-0.25, -0.2) is 0 Å². The van der Waals surface area contributed by atoms with E-state index in [2.05, 4.69) is 19.6 Å². The Morgan fingerprint density at radius 3 is 1.62 bits per heavy atom. The quantitative estimate of drug-likeness (QED) is 0.574. The van der Waals surface area contributed by atoms with Crippen LogP contribution in [-0.2, 0) is 28.4 Å². The van der Waals surface area contributed by atoms with E-state index in [-0.39, 0.29) is 0 Å². The van der Waals surface area contributed by atoms with Crippen molar-refractivity contribution in [3.63, 3.8) is 0 Å². The minimum Gasteiger partial charge on any atom is -0.497 e. The zero-order valence-electron chi connectivity index (χ0n) is 21.9. The van der Waals surface area contributed by atoms with Crippen LogP contribution < -0.4 is 4.74 Å². The van der Waals surface area contributed by atoms with E-state index in [1.807, 2.05) is 79.7 Å². The first-order chi connectivity index (χ1) is 14.4.